The highest BCUT2D eigenvalue weighted by Gasteiger charge is 2.21. The summed E-state index contributed by atoms with van der Waals surface area (Å²) in [4.78, 5) is 15.7. The van der Waals surface area contributed by atoms with Crippen molar-refractivity contribution in [1.82, 2.24) is 9.55 Å². The number of halogens is 3. The minimum atomic E-state index is -1.57. The third-order valence-electron chi connectivity index (χ3n) is 3.41. The Balaban J connectivity index is 2.47. The Labute approximate surface area is 123 Å². The molecule has 3 nitrogen and oxygen atoms in total. The van der Waals surface area contributed by atoms with Crippen LogP contribution in [0, 0.1) is 11.6 Å². The Hall–Kier alpha value is -2.63. The van der Waals surface area contributed by atoms with Crippen LogP contribution in [0.3, 0.4) is 0 Å². The second-order valence-corrected chi connectivity index (χ2v) is 4.82. The van der Waals surface area contributed by atoms with Crippen LogP contribution in [-0.2, 0) is 0 Å². The second kappa shape index (κ2) is 5.29. The number of hydrogen-bond acceptors (Lipinski definition) is 2. The van der Waals surface area contributed by atoms with Gasteiger partial charge in [0.2, 0.25) is 0 Å². The number of nitrogens with zero attached hydrogens (tertiary/aromatic N) is 2. The predicted octanol–water partition coefficient (Wildman–Crippen LogP) is 3.83. The lowest BCUT2D eigenvalue weighted by Crippen LogP contribution is -2.12. The van der Waals surface area contributed by atoms with Gasteiger partial charge in [0.25, 0.3) is 0 Å². The van der Waals surface area contributed by atoms with E-state index >= 15 is 0 Å². The van der Waals surface area contributed by atoms with Crippen LogP contribution >= 0.6 is 0 Å². The molecule has 0 amide bonds. The van der Waals surface area contributed by atoms with Crippen LogP contribution in [-0.4, -0.2) is 9.55 Å². The van der Waals surface area contributed by atoms with E-state index in [4.69, 9.17) is 0 Å². The summed E-state index contributed by atoms with van der Waals surface area (Å²) in [7, 11) is 0. The van der Waals surface area contributed by atoms with E-state index in [1.807, 2.05) is 0 Å². The number of pyridine rings is 2. The summed E-state index contributed by atoms with van der Waals surface area (Å²) < 4.78 is 43.7. The molecule has 0 N–H and O–H groups in total. The smallest absolute Gasteiger partial charge is 0.189 e. The molecule has 3 rings (SSSR count). The number of hydrogen-bond donors (Lipinski definition) is 0. The van der Waals surface area contributed by atoms with E-state index in [-0.39, 0.29) is 22.2 Å². The molecule has 0 bridgehead atoms. The van der Waals surface area contributed by atoms with Crippen molar-refractivity contribution in [1.29, 1.82) is 0 Å². The molecule has 2 aromatic heterocycles. The normalized spacial score (nSPS) is 12.5. The van der Waals surface area contributed by atoms with Crippen molar-refractivity contribution >= 4 is 10.9 Å². The largest absolute Gasteiger partial charge is 0.314 e. The van der Waals surface area contributed by atoms with E-state index < -0.39 is 23.4 Å². The highest BCUT2D eigenvalue weighted by molar-refractivity contribution is 5.85. The molecule has 1 aromatic carbocycles. The van der Waals surface area contributed by atoms with Crippen molar-refractivity contribution in [3.63, 3.8) is 0 Å². The van der Waals surface area contributed by atoms with E-state index in [1.165, 1.54) is 19.2 Å². The molecule has 3 aromatic rings. The molecule has 0 saturated heterocycles. The van der Waals surface area contributed by atoms with Crippen LogP contribution in [0.1, 0.15) is 13.2 Å². The van der Waals surface area contributed by atoms with Crippen molar-refractivity contribution < 1.29 is 13.2 Å². The standard InChI is InChI=1S/C16H11F3N2O/c1-9(17)21-7-5-13(22)10-8-11(18)14(15(19)16(10)21)12-4-2-3-6-20-12/h2-9H,1H3. The monoisotopic (exact) mass is 304 g/mol. The Morgan fingerprint density at radius 3 is 2.64 bits per heavy atom. The van der Waals surface area contributed by atoms with E-state index in [2.05, 4.69) is 4.98 Å². The number of benzene rings is 1. The van der Waals surface area contributed by atoms with Crippen molar-refractivity contribution in [2.24, 2.45) is 0 Å². The molecular formula is C16H11F3N2O. The minimum Gasteiger partial charge on any atom is -0.314 e. The fraction of sp³-hybridized carbons (Fsp3) is 0.125. The van der Waals surface area contributed by atoms with Gasteiger partial charge >= 0.3 is 0 Å². The first-order chi connectivity index (χ1) is 10.5. The molecule has 0 aliphatic rings. The maximum absolute atomic E-state index is 14.8. The molecule has 2 heterocycles. The van der Waals surface area contributed by atoms with Gasteiger partial charge in [-0.3, -0.25) is 9.78 Å². The maximum atomic E-state index is 14.8. The van der Waals surface area contributed by atoms with Crippen molar-refractivity contribution in [2.45, 2.75) is 13.2 Å². The first-order valence-corrected chi connectivity index (χ1v) is 6.59. The summed E-state index contributed by atoms with van der Waals surface area (Å²) in [5.41, 5.74) is -1.15. The molecule has 1 unspecified atom stereocenters. The zero-order chi connectivity index (χ0) is 15.9. The summed E-state index contributed by atoms with van der Waals surface area (Å²) in [6, 6.07) is 6.64. The average molecular weight is 304 g/mol. The fourth-order valence-corrected chi connectivity index (χ4v) is 2.40. The van der Waals surface area contributed by atoms with Crippen LogP contribution < -0.4 is 5.43 Å². The van der Waals surface area contributed by atoms with Crippen LogP contribution in [0.5, 0.6) is 0 Å². The van der Waals surface area contributed by atoms with Gasteiger partial charge in [0, 0.05) is 18.5 Å². The highest BCUT2D eigenvalue weighted by Crippen LogP contribution is 2.30. The number of aromatic nitrogens is 2. The second-order valence-electron chi connectivity index (χ2n) is 4.82. The molecule has 0 fully saturated rings. The summed E-state index contributed by atoms with van der Waals surface area (Å²) in [5, 5.41) is -0.207. The molecule has 0 aliphatic carbocycles. The zero-order valence-electron chi connectivity index (χ0n) is 11.6. The molecule has 0 spiro atoms. The quantitative estimate of drug-likeness (QED) is 0.721. The Kier molecular flexibility index (Phi) is 3.44. The van der Waals surface area contributed by atoms with E-state index in [0.717, 1.165) is 22.9 Å². The van der Waals surface area contributed by atoms with Gasteiger partial charge in [0.1, 0.15) is 5.82 Å². The number of alkyl halides is 1. The van der Waals surface area contributed by atoms with Gasteiger partial charge in [0.05, 0.1) is 22.2 Å². The van der Waals surface area contributed by atoms with Gasteiger partial charge in [-0.05, 0) is 25.1 Å². The lowest BCUT2D eigenvalue weighted by Gasteiger charge is -2.15. The van der Waals surface area contributed by atoms with Gasteiger partial charge in [-0.25, -0.2) is 13.2 Å². The first-order valence-electron chi connectivity index (χ1n) is 6.59. The first kappa shape index (κ1) is 14.3. The average Bonchev–Trinajstić information content (AvgIpc) is 2.49. The summed E-state index contributed by atoms with van der Waals surface area (Å²) >= 11 is 0. The van der Waals surface area contributed by atoms with Gasteiger partial charge in [-0.15, -0.1) is 0 Å². The molecule has 0 radical (unpaired) electrons. The van der Waals surface area contributed by atoms with Crippen molar-refractivity contribution in [2.75, 3.05) is 0 Å². The summed E-state index contributed by atoms with van der Waals surface area (Å²) in [6.45, 7) is 1.20. The third-order valence-corrected chi connectivity index (χ3v) is 3.41. The van der Waals surface area contributed by atoms with Crippen LogP contribution in [0.4, 0.5) is 13.2 Å². The molecule has 112 valence electrons. The van der Waals surface area contributed by atoms with Crippen LogP contribution in [0.25, 0.3) is 22.2 Å². The van der Waals surface area contributed by atoms with E-state index in [0.29, 0.717) is 0 Å². The van der Waals surface area contributed by atoms with Crippen molar-refractivity contribution in [3.8, 4) is 11.3 Å². The molecule has 0 saturated carbocycles. The molecule has 22 heavy (non-hydrogen) atoms. The summed E-state index contributed by atoms with van der Waals surface area (Å²) in [6.07, 6.45) is 0.979. The van der Waals surface area contributed by atoms with Gasteiger partial charge in [-0.2, -0.15) is 0 Å². The molecule has 6 heteroatoms. The van der Waals surface area contributed by atoms with Crippen molar-refractivity contribution in [3.05, 3.63) is 64.6 Å². The Morgan fingerprint density at radius 2 is 2.00 bits per heavy atom. The Morgan fingerprint density at radius 1 is 1.23 bits per heavy atom. The fourth-order valence-electron chi connectivity index (χ4n) is 2.40. The molecular weight excluding hydrogens is 293 g/mol. The number of fused-ring (bicyclic) bond motifs is 1. The summed E-state index contributed by atoms with van der Waals surface area (Å²) in [5.74, 6) is -1.92. The zero-order valence-corrected chi connectivity index (χ0v) is 11.6. The Bertz CT molecular complexity index is 905. The van der Waals surface area contributed by atoms with Crippen LogP contribution in [0.15, 0.2) is 47.5 Å². The SMILES string of the molecule is CC(F)n1ccc(=O)c2cc(F)c(-c3ccccn3)c(F)c21. The van der Waals surface area contributed by atoms with Gasteiger partial charge < -0.3 is 4.57 Å². The minimum absolute atomic E-state index is 0.0776. The topological polar surface area (TPSA) is 34.9 Å². The molecule has 0 aliphatic heterocycles. The molecule has 1 atom stereocenters. The number of rotatable bonds is 2. The van der Waals surface area contributed by atoms with Gasteiger partial charge in [0.15, 0.2) is 17.5 Å². The maximum Gasteiger partial charge on any atom is 0.189 e. The lowest BCUT2D eigenvalue weighted by molar-refractivity contribution is 0.273. The predicted molar refractivity (Wildman–Crippen MR) is 77.2 cm³/mol. The lowest BCUT2D eigenvalue weighted by atomic mass is 10.1. The third kappa shape index (κ3) is 2.16. The van der Waals surface area contributed by atoms with E-state index in [1.54, 1.807) is 12.1 Å². The highest BCUT2D eigenvalue weighted by atomic mass is 19.1. The van der Waals surface area contributed by atoms with Crippen LogP contribution in [0.2, 0.25) is 0 Å². The van der Waals surface area contributed by atoms with Gasteiger partial charge in [-0.1, -0.05) is 6.07 Å². The van der Waals surface area contributed by atoms with E-state index in [9.17, 15) is 18.0 Å².